The number of hydrogen-bond acceptors (Lipinski definition) is 1. The zero-order valence-corrected chi connectivity index (χ0v) is 9.53. The number of hydrogen-bond donors (Lipinski definition) is 1. The molecule has 0 aliphatic rings. The first-order valence-corrected chi connectivity index (χ1v) is 5.43. The molecule has 0 amide bonds. The summed E-state index contributed by atoms with van der Waals surface area (Å²) in [5, 5.41) is 0. The molecular weight excluding hydrogens is 222 g/mol. The molecule has 17 heavy (non-hydrogen) atoms. The summed E-state index contributed by atoms with van der Waals surface area (Å²) in [6.45, 7) is 1.99. The molecule has 2 N–H and O–H groups in total. The molecule has 0 saturated heterocycles. The Bertz CT molecular complexity index is 498. The molecule has 2 rings (SSSR count). The van der Waals surface area contributed by atoms with E-state index in [1.165, 1.54) is 18.2 Å². The van der Waals surface area contributed by atoms with Gasteiger partial charge in [-0.1, -0.05) is 6.07 Å². The van der Waals surface area contributed by atoms with Crippen molar-refractivity contribution >= 4 is 0 Å². The second kappa shape index (κ2) is 4.67. The van der Waals surface area contributed by atoms with Crippen molar-refractivity contribution in [3.63, 3.8) is 0 Å². The van der Waals surface area contributed by atoms with Crippen molar-refractivity contribution in [3.05, 3.63) is 59.4 Å². The van der Waals surface area contributed by atoms with Crippen molar-refractivity contribution in [3.8, 4) is 0 Å². The summed E-state index contributed by atoms with van der Waals surface area (Å²) in [4.78, 5) is 0. The fourth-order valence-electron chi connectivity index (χ4n) is 1.84. The highest BCUT2D eigenvalue weighted by atomic mass is 19.1. The van der Waals surface area contributed by atoms with E-state index in [-0.39, 0.29) is 18.2 Å². The van der Waals surface area contributed by atoms with Gasteiger partial charge in [-0.3, -0.25) is 0 Å². The Morgan fingerprint density at radius 1 is 1.18 bits per heavy atom. The van der Waals surface area contributed by atoms with Crippen molar-refractivity contribution in [2.24, 2.45) is 5.73 Å². The van der Waals surface area contributed by atoms with Crippen molar-refractivity contribution in [2.45, 2.75) is 19.5 Å². The van der Waals surface area contributed by atoms with E-state index in [2.05, 4.69) is 0 Å². The molecule has 1 atom stereocenters. The van der Waals surface area contributed by atoms with Gasteiger partial charge in [0.05, 0.1) is 6.54 Å². The van der Waals surface area contributed by atoms with Crippen LogP contribution in [0, 0.1) is 11.6 Å². The van der Waals surface area contributed by atoms with Crippen LogP contribution in [-0.4, -0.2) is 4.57 Å². The molecule has 1 unspecified atom stereocenters. The van der Waals surface area contributed by atoms with Gasteiger partial charge in [-0.2, -0.15) is 0 Å². The smallest absolute Gasteiger partial charge is 0.131 e. The molecular formula is C13H14F2N2. The van der Waals surface area contributed by atoms with E-state index in [9.17, 15) is 8.78 Å². The van der Waals surface area contributed by atoms with Gasteiger partial charge in [-0.25, -0.2) is 8.78 Å². The lowest BCUT2D eigenvalue weighted by molar-refractivity contribution is 0.538. The zero-order valence-electron chi connectivity index (χ0n) is 9.53. The highest BCUT2D eigenvalue weighted by Crippen LogP contribution is 2.17. The minimum Gasteiger partial charge on any atom is -0.345 e. The maximum absolute atomic E-state index is 13.5. The molecule has 0 saturated carbocycles. The summed E-state index contributed by atoms with van der Waals surface area (Å²) < 4.78 is 28.7. The van der Waals surface area contributed by atoms with Gasteiger partial charge >= 0.3 is 0 Å². The van der Waals surface area contributed by atoms with Crippen LogP contribution < -0.4 is 5.73 Å². The maximum atomic E-state index is 13.5. The molecule has 0 bridgehead atoms. The third-order valence-corrected chi connectivity index (χ3v) is 2.72. The van der Waals surface area contributed by atoms with Gasteiger partial charge in [-0.05, 0) is 31.2 Å². The average Bonchev–Trinajstić information content (AvgIpc) is 2.72. The molecule has 0 spiro atoms. The molecule has 0 aliphatic carbocycles. The Hall–Kier alpha value is -1.68. The maximum Gasteiger partial charge on any atom is 0.131 e. The van der Waals surface area contributed by atoms with Crippen LogP contribution in [-0.2, 0) is 6.54 Å². The van der Waals surface area contributed by atoms with Crippen LogP contribution in [0.25, 0.3) is 0 Å². The molecule has 1 aromatic heterocycles. The van der Waals surface area contributed by atoms with Crippen molar-refractivity contribution in [1.82, 2.24) is 4.57 Å². The van der Waals surface area contributed by atoms with E-state index in [1.807, 2.05) is 19.1 Å². The lowest BCUT2D eigenvalue weighted by Gasteiger charge is -2.13. The molecule has 0 aliphatic heterocycles. The molecule has 1 aromatic carbocycles. The van der Waals surface area contributed by atoms with Crippen LogP contribution in [0.2, 0.25) is 0 Å². The topological polar surface area (TPSA) is 30.9 Å². The molecule has 0 fully saturated rings. The summed E-state index contributed by atoms with van der Waals surface area (Å²) in [7, 11) is 0. The van der Waals surface area contributed by atoms with Crippen LogP contribution in [0.5, 0.6) is 0 Å². The molecule has 1 heterocycles. The fourth-order valence-corrected chi connectivity index (χ4v) is 1.84. The number of rotatable bonds is 3. The number of nitrogens with zero attached hydrogens (tertiary/aromatic N) is 1. The normalized spacial score (nSPS) is 12.7. The van der Waals surface area contributed by atoms with E-state index in [0.29, 0.717) is 0 Å². The average molecular weight is 236 g/mol. The Morgan fingerprint density at radius 3 is 2.41 bits per heavy atom. The summed E-state index contributed by atoms with van der Waals surface area (Å²) in [5.74, 6) is -1.07. The predicted molar refractivity (Wildman–Crippen MR) is 62.5 cm³/mol. The molecule has 90 valence electrons. The highest BCUT2D eigenvalue weighted by Gasteiger charge is 2.11. The minimum absolute atomic E-state index is 0.0607. The van der Waals surface area contributed by atoms with Gasteiger partial charge in [0.25, 0.3) is 0 Å². The summed E-state index contributed by atoms with van der Waals surface area (Å²) in [6, 6.07) is 7.37. The van der Waals surface area contributed by atoms with Gasteiger partial charge in [0.1, 0.15) is 11.6 Å². The fraction of sp³-hybridized carbons (Fsp3) is 0.231. The first-order valence-electron chi connectivity index (χ1n) is 5.43. The number of halogens is 2. The summed E-state index contributed by atoms with van der Waals surface area (Å²) >= 11 is 0. The largest absolute Gasteiger partial charge is 0.345 e. The first kappa shape index (κ1) is 11.8. The Kier molecular flexibility index (Phi) is 3.24. The van der Waals surface area contributed by atoms with Crippen molar-refractivity contribution in [1.29, 1.82) is 0 Å². The van der Waals surface area contributed by atoms with Crippen LogP contribution in [0.15, 0.2) is 36.5 Å². The quantitative estimate of drug-likeness (QED) is 0.872. The van der Waals surface area contributed by atoms with Gasteiger partial charge in [-0.15, -0.1) is 0 Å². The van der Waals surface area contributed by atoms with Crippen molar-refractivity contribution < 1.29 is 8.78 Å². The standard InChI is InChI=1S/C13H14F2N2/c1-9(16)13-6-3-7-17(13)8-10-11(14)4-2-5-12(10)15/h2-7,9H,8,16H2,1H3. The van der Waals surface area contributed by atoms with E-state index >= 15 is 0 Å². The van der Waals surface area contributed by atoms with Crippen molar-refractivity contribution in [2.75, 3.05) is 0 Å². The Labute approximate surface area is 98.7 Å². The predicted octanol–water partition coefficient (Wildman–Crippen LogP) is 2.83. The molecule has 2 nitrogen and oxygen atoms in total. The lowest BCUT2D eigenvalue weighted by Crippen LogP contribution is -2.13. The number of benzene rings is 1. The first-order chi connectivity index (χ1) is 8.09. The van der Waals surface area contributed by atoms with Gasteiger partial charge in [0, 0.05) is 23.5 Å². The third-order valence-electron chi connectivity index (χ3n) is 2.72. The van der Waals surface area contributed by atoms with Crippen LogP contribution in [0.3, 0.4) is 0 Å². The number of nitrogens with two attached hydrogens (primary N) is 1. The highest BCUT2D eigenvalue weighted by molar-refractivity contribution is 5.22. The minimum atomic E-state index is -0.533. The Balaban J connectivity index is 2.35. The van der Waals surface area contributed by atoms with Crippen LogP contribution in [0.1, 0.15) is 24.2 Å². The van der Waals surface area contributed by atoms with E-state index in [1.54, 1.807) is 10.8 Å². The van der Waals surface area contributed by atoms with Crippen LogP contribution in [0.4, 0.5) is 8.78 Å². The Morgan fingerprint density at radius 2 is 1.82 bits per heavy atom. The van der Waals surface area contributed by atoms with E-state index in [0.717, 1.165) is 5.69 Å². The van der Waals surface area contributed by atoms with E-state index < -0.39 is 11.6 Å². The van der Waals surface area contributed by atoms with E-state index in [4.69, 9.17) is 5.73 Å². The molecule has 4 heteroatoms. The zero-order chi connectivity index (χ0) is 12.4. The van der Waals surface area contributed by atoms with Gasteiger partial charge < -0.3 is 10.3 Å². The molecule has 2 aromatic rings. The number of aromatic nitrogens is 1. The van der Waals surface area contributed by atoms with Gasteiger partial charge in [0.15, 0.2) is 0 Å². The lowest BCUT2D eigenvalue weighted by atomic mass is 10.2. The third kappa shape index (κ3) is 2.36. The molecule has 0 radical (unpaired) electrons. The summed E-state index contributed by atoms with van der Waals surface area (Å²) in [5.41, 5.74) is 6.70. The van der Waals surface area contributed by atoms with Gasteiger partial charge in [0.2, 0.25) is 0 Å². The SMILES string of the molecule is CC(N)c1cccn1Cc1c(F)cccc1F. The summed E-state index contributed by atoms with van der Waals surface area (Å²) in [6.07, 6.45) is 1.77. The second-order valence-corrected chi connectivity index (χ2v) is 4.05. The monoisotopic (exact) mass is 236 g/mol. The van der Waals surface area contributed by atoms with Crippen LogP contribution >= 0.6 is 0 Å². The second-order valence-electron chi connectivity index (χ2n) is 4.05.